The van der Waals surface area contributed by atoms with Gasteiger partial charge in [-0.15, -0.1) is 0 Å². The van der Waals surface area contributed by atoms with Crippen LogP contribution in [0.5, 0.6) is 0 Å². The van der Waals surface area contributed by atoms with Gasteiger partial charge in [0.25, 0.3) is 0 Å². The molecule has 1 aliphatic carbocycles. The number of rotatable bonds is 2. The molecule has 0 radical (unpaired) electrons. The van der Waals surface area contributed by atoms with Crippen molar-refractivity contribution in [3.8, 4) is 0 Å². The largest absolute Gasteiger partial charge is 0.399 e. The Labute approximate surface area is 102 Å². The maximum atomic E-state index is 9.88. The van der Waals surface area contributed by atoms with Crippen molar-refractivity contribution in [2.75, 3.05) is 18.8 Å². The zero-order chi connectivity index (χ0) is 11.8. The van der Waals surface area contributed by atoms with E-state index >= 15 is 0 Å². The monoisotopic (exact) mass is 232 g/mol. The molecular formula is C14H20N2O. The van der Waals surface area contributed by atoms with Crippen molar-refractivity contribution in [1.29, 1.82) is 0 Å². The van der Waals surface area contributed by atoms with Gasteiger partial charge in [0.15, 0.2) is 0 Å². The molecule has 0 spiro atoms. The Morgan fingerprint density at radius 1 is 1.18 bits per heavy atom. The Hall–Kier alpha value is -1.06. The predicted octanol–water partition coefficient (Wildman–Crippen LogP) is 1.47. The number of likely N-dealkylation sites (tertiary alicyclic amines) is 1. The van der Waals surface area contributed by atoms with Crippen LogP contribution in [0.3, 0.4) is 0 Å². The standard InChI is InChI=1S/C14H20N2O/c15-12-4-1-10(2-5-12)7-16-8-11-3-6-14(17)13(11)9-16/h1-2,4-5,11,13-14,17H,3,6-9,15H2. The van der Waals surface area contributed by atoms with E-state index in [-0.39, 0.29) is 6.10 Å². The van der Waals surface area contributed by atoms with Gasteiger partial charge in [-0.1, -0.05) is 12.1 Å². The first-order valence-electron chi connectivity index (χ1n) is 6.47. The Bertz CT molecular complexity index is 390. The van der Waals surface area contributed by atoms with Gasteiger partial charge >= 0.3 is 0 Å². The minimum absolute atomic E-state index is 0.0589. The summed E-state index contributed by atoms with van der Waals surface area (Å²) in [5.41, 5.74) is 7.82. The average molecular weight is 232 g/mol. The van der Waals surface area contributed by atoms with Crippen LogP contribution in [-0.4, -0.2) is 29.2 Å². The van der Waals surface area contributed by atoms with Gasteiger partial charge in [-0.3, -0.25) is 4.90 Å². The molecule has 3 nitrogen and oxygen atoms in total. The van der Waals surface area contributed by atoms with Crippen molar-refractivity contribution in [3.05, 3.63) is 29.8 Å². The summed E-state index contributed by atoms with van der Waals surface area (Å²) < 4.78 is 0. The zero-order valence-electron chi connectivity index (χ0n) is 10.0. The fourth-order valence-electron chi connectivity index (χ4n) is 3.34. The maximum Gasteiger partial charge on any atom is 0.0583 e. The van der Waals surface area contributed by atoms with E-state index in [2.05, 4.69) is 17.0 Å². The fourth-order valence-corrected chi connectivity index (χ4v) is 3.34. The molecule has 1 aliphatic heterocycles. The number of anilines is 1. The van der Waals surface area contributed by atoms with Crippen LogP contribution in [0.15, 0.2) is 24.3 Å². The second-order valence-electron chi connectivity index (χ2n) is 5.50. The van der Waals surface area contributed by atoms with E-state index in [1.54, 1.807) is 0 Å². The van der Waals surface area contributed by atoms with Crippen molar-refractivity contribution in [2.24, 2.45) is 11.8 Å². The molecule has 1 saturated heterocycles. The van der Waals surface area contributed by atoms with Crippen LogP contribution >= 0.6 is 0 Å². The van der Waals surface area contributed by atoms with E-state index in [0.29, 0.717) is 5.92 Å². The van der Waals surface area contributed by atoms with Gasteiger partial charge in [0, 0.05) is 31.2 Å². The molecule has 1 saturated carbocycles. The molecule has 3 atom stereocenters. The van der Waals surface area contributed by atoms with E-state index in [9.17, 15) is 5.11 Å². The molecule has 0 aromatic heterocycles. The van der Waals surface area contributed by atoms with Crippen LogP contribution < -0.4 is 5.73 Å². The number of nitrogens with two attached hydrogens (primary N) is 1. The Kier molecular flexibility index (Phi) is 2.81. The van der Waals surface area contributed by atoms with Crippen LogP contribution in [0.2, 0.25) is 0 Å². The number of nitrogens with zero attached hydrogens (tertiary/aromatic N) is 1. The molecule has 1 heterocycles. The highest BCUT2D eigenvalue weighted by Crippen LogP contribution is 2.38. The first-order chi connectivity index (χ1) is 8.22. The lowest BCUT2D eigenvalue weighted by Crippen LogP contribution is -2.24. The summed E-state index contributed by atoms with van der Waals surface area (Å²) in [7, 11) is 0. The maximum absolute atomic E-state index is 9.88. The minimum atomic E-state index is -0.0589. The number of benzene rings is 1. The lowest BCUT2D eigenvalue weighted by Gasteiger charge is -2.18. The number of hydrogen-bond acceptors (Lipinski definition) is 3. The molecule has 0 amide bonds. The van der Waals surface area contributed by atoms with Crippen LogP contribution in [0.1, 0.15) is 18.4 Å². The third kappa shape index (κ3) is 2.17. The average Bonchev–Trinajstić information content (AvgIpc) is 2.85. The third-order valence-electron chi connectivity index (χ3n) is 4.28. The smallest absolute Gasteiger partial charge is 0.0583 e. The van der Waals surface area contributed by atoms with Gasteiger partial charge in [0.2, 0.25) is 0 Å². The van der Waals surface area contributed by atoms with Crippen LogP contribution in [0.4, 0.5) is 5.69 Å². The van der Waals surface area contributed by atoms with Crippen molar-refractivity contribution in [2.45, 2.75) is 25.5 Å². The molecule has 3 rings (SSSR count). The summed E-state index contributed by atoms with van der Waals surface area (Å²) in [6.07, 6.45) is 2.14. The summed E-state index contributed by atoms with van der Waals surface area (Å²) in [6.45, 7) is 3.18. The molecule has 2 fully saturated rings. The quantitative estimate of drug-likeness (QED) is 0.759. The van der Waals surface area contributed by atoms with Gasteiger partial charge in [-0.05, 0) is 36.5 Å². The van der Waals surface area contributed by atoms with Crippen LogP contribution in [0, 0.1) is 11.8 Å². The van der Waals surface area contributed by atoms with Crippen molar-refractivity contribution < 1.29 is 5.11 Å². The number of nitrogen functional groups attached to an aromatic ring is 1. The van der Waals surface area contributed by atoms with Crippen molar-refractivity contribution >= 4 is 5.69 Å². The zero-order valence-corrected chi connectivity index (χ0v) is 10.0. The van der Waals surface area contributed by atoms with Gasteiger partial charge < -0.3 is 10.8 Å². The number of fused-ring (bicyclic) bond motifs is 1. The molecule has 17 heavy (non-hydrogen) atoms. The highest BCUT2D eigenvalue weighted by atomic mass is 16.3. The van der Waals surface area contributed by atoms with Crippen LogP contribution in [-0.2, 0) is 6.54 Å². The van der Waals surface area contributed by atoms with E-state index in [0.717, 1.165) is 37.7 Å². The number of aliphatic hydroxyl groups is 1. The molecule has 3 N–H and O–H groups in total. The normalized spacial score (nSPS) is 32.9. The lowest BCUT2D eigenvalue weighted by atomic mass is 10.00. The first-order valence-corrected chi connectivity index (χ1v) is 6.47. The summed E-state index contributed by atoms with van der Waals surface area (Å²) in [4.78, 5) is 2.46. The van der Waals surface area contributed by atoms with E-state index in [4.69, 9.17) is 5.73 Å². The topological polar surface area (TPSA) is 49.5 Å². The van der Waals surface area contributed by atoms with E-state index in [1.165, 1.54) is 12.0 Å². The Morgan fingerprint density at radius 3 is 2.65 bits per heavy atom. The molecule has 3 unspecified atom stereocenters. The van der Waals surface area contributed by atoms with Gasteiger partial charge in [0.1, 0.15) is 0 Å². The summed E-state index contributed by atoms with van der Waals surface area (Å²) in [6, 6.07) is 8.11. The molecule has 0 bridgehead atoms. The van der Waals surface area contributed by atoms with Crippen molar-refractivity contribution in [1.82, 2.24) is 4.90 Å². The highest BCUT2D eigenvalue weighted by Gasteiger charge is 2.41. The van der Waals surface area contributed by atoms with E-state index < -0.39 is 0 Å². The van der Waals surface area contributed by atoms with Crippen LogP contribution in [0.25, 0.3) is 0 Å². The lowest BCUT2D eigenvalue weighted by molar-refractivity contribution is 0.123. The summed E-state index contributed by atoms with van der Waals surface area (Å²) in [5, 5.41) is 9.88. The number of hydrogen-bond donors (Lipinski definition) is 2. The van der Waals surface area contributed by atoms with Gasteiger partial charge in [0.05, 0.1) is 6.10 Å². The second-order valence-corrected chi connectivity index (χ2v) is 5.50. The SMILES string of the molecule is Nc1ccc(CN2CC3CCC(O)C3C2)cc1. The highest BCUT2D eigenvalue weighted by molar-refractivity contribution is 5.39. The van der Waals surface area contributed by atoms with Gasteiger partial charge in [-0.2, -0.15) is 0 Å². The molecule has 3 heteroatoms. The fraction of sp³-hybridized carbons (Fsp3) is 0.571. The Morgan fingerprint density at radius 2 is 1.94 bits per heavy atom. The van der Waals surface area contributed by atoms with Crippen molar-refractivity contribution in [3.63, 3.8) is 0 Å². The first kappa shape index (κ1) is 11.1. The molecule has 1 aromatic carbocycles. The van der Waals surface area contributed by atoms with Gasteiger partial charge in [-0.25, -0.2) is 0 Å². The number of aliphatic hydroxyl groups excluding tert-OH is 1. The molecule has 2 aliphatic rings. The summed E-state index contributed by atoms with van der Waals surface area (Å²) >= 11 is 0. The molecular weight excluding hydrogens is 212 g/mol. The predicted molar refractivity (Wildman–Crippen MR) is 68.4 cm³/mol. The third-order valence-corrected chi connectivity index (χ3v) is 4.28. The second kappa shape index (κ2) is 4.31. The molecule has 92 valence electrons. The Balaban J connectivity index is 1.62. The summed E-state index contributed by atoms with van der Waals surface area (Å²) in [5.74, 6) is 1.24. The van der Waals surface area contributed by atoms with E-state index in [1.807, 2.05) is 12.1 Å². The minimum Gasteiger partial charge on any atom is -0.399 e. The molecule has 1 aromatic rings.